The molecule has 0 aliphatic heterocycles. The predicted molar refractivity (Wildman–Crippen MR) is 121 cm³/mol. The van der Waals surface area contributed by atoms with Gasteiger partial charge in [0.05, 0.1) is 16.6 Å². The van der Waals surface area contributed by atoms with Gasteiger partial charge in [0.1, 0.15) is 5.65 Å². The number of aromatic amines is 1. The van der Waals surface area contributed by atoms with Gasteiger partial charge in [-0.25, -0.2) is 9.78 Å². The fraction of sp³-hybridized carbons (Fsp3) is 0.130. The van der Waals surface area contributed by atoms with Crippen molar-refractivity contribution in [3.05, 3.63) is 103 Å². The molecule has 0 unspecified atom stereocenters. The van der Waals surface area contributed by atoms with Crippen LogP contribution in [0.2, 0.25) is 5.02 Å². The summed E-state index contributed by atoms with van der Waals surface area (Å²) < 4.78 is 1.43. The van der Waals surface area contributed by atoms with Gasteiger partial charge < -0.3 is 5.32 Å². The first kappa shape index (κ1) is 20.6. The highest BCUT2D eigenvalue weighted by Crippen LogP contribution is 2.18. The molecule has 156 valence electrons. The lowest BCUT2D eigenvalue weighted by Crippen LogP contribution is -2.32. The van der Waals surface area contributed by atoms with Crippen LogP contribution in [-0.2, 0) is 13.0 Å². The number of hydrogen-bond donors (Lipinski definition) is 2. The van der Waals surface area contributed by atoms with E-state index in [-0.39, 0.29) is 16.6 Å². The summed E-state index contributed by atoms with van der Waals surface area (Å²) in [7, 11) is 0. The van der Waals surface area contributed by atoms with E-state index in [9.17, 15) is 14.4 Å². The number of nitrogens with zero attached hydrogens (tertiary/aromatic N) is 2. The third kappa shape index (κ3) is 4.41. The van der Waals surface area contributed by atoms with Crippen molar-refractivity contribution in [3.8, 4) is 0 Å². The minimum atomic E-state index is -0.583. The largest absolute Gasteiger partial charge is 0.330 e. The number of carbonyl (C=O) groups is 1. The van der Waals surface area contributed by atoms with Crippen molar-refractivity contribution in [1.82, 2.24) is 14.5 Å². The number of anilines is 1. The van der Waals surface area contributed by atoms with Crippen LogP contribution in [0.25, 0.3) is 11.0 Å². The fourth-order valence-electron chi connectivity index (χ4n) is 3.38. The summed E-state index contributed by atoms with van der Waals surface area (Å²) in [5.74, 6) is -0.421. The molecule has 0 atom stereocenters. The number of nitrogens with one attached hydrogen (secondary N) is 2. The zero-order chi connectivity index (χ0) is 22.0. The van der Waals surface area contributed by atoms with Crippen molar-refractivity contribution in [3.63, 3.8) is 0 Å². The molecule has 2 N–H and O–H groups in total. The summed E-state index contributed by atoms with van der Waals surface area (Å²) >= 11 is 5.97. The van der Waals surface area contributed by atoms with Crippen LogP contribution >= 0.6 is 11.6 Å². The highest BCUT2D eigenvalue weighted by molar-refractivity contribution is 6.31. The number of aromatic nitrogens is 3. The molecule has 2 heterocycles. The van der Waals surface area contributed by atoms with Gasteiger partial charge in [-0.15, -0.1) is 0 Å². The van der Waals surface area contributed by atoms with Crippen LogP contribution in [0, 0.1) is 6.92 Å². The Kier molecular flexibility index (Phi) is 5.68. The van der Waals surface area contributed by atoms with Gasteiger partial charge in [0, 0.05) is 17.3 Å². The monoisotopic (exact) mass is 434 g/mol. The molecule has 31 heavy (non-hydrogen) atoms. The first-order valence-corrected chi connectivity index (χ1v) is 10.1. The van der Waals surface area contributed by atoms with Crippen molar-refractivity contribution < 1.29 is 4.79 Å². The van der Waals surface area contributed by atoms with Gasteiger partial charge in [-0.3, -0.25) is 19.1 Å². The van der Waals surface area contributed by atoms with Crippen molar-refractivity contribution >= 4 is 34.2 Å². The lowest BCUT2D eigenvalue weighted by Gasteiger charge is -2.12. The number of hydrogen-bond acceptors (Lipinski definition) is 4. The number of benzene rings is 2. The standard InChI is InChI=1S/C23H19ClN4O3/c1-14-18(21(29)26-17-9-5-8-16(24)12-17)13-19-20(25-14)28(23(31)27-22(19)30)11-10-15-6-3-2-4-7-15/h2-9,12-13H,10-11H2,1H3,(H,26,29)(H,27,30,31). The van der Waals surface area contributed by atoms with E-state index >= 15 is 0 Å². The lowest BCUT2D eigenvalue weighted by atomic mass is 10.1. The molecule has 0 radical (unpaired) electrons. The number of pyridine rings is 1. The molecule has 8 heteroatoms. The number of aryl methyl sites for hydroxylation is 3. The number of H-pyrrole nitrogens is 1. The number of carbonyl (C=O) groups excluding carboxylic acids is 1. The van der Waals surface area contributed by atoms with Crippen molar-refractivity contribution in [2.75, 3.05) is 5.32 Å². The van der Waals surface area contributed by atoms with Crippen molar-refractivity contribution in [1.29, 1.82) is 0 Å². The molecule has 2 aromatic carbocycles. The maximum absolute atomic E-state index is 12.8. The minimum absolute atomic E-state index is 0.175. The highest BCUT2D eigenvalue weighted by Gasteiger charge is 2.17. The Morgan fingerprint density at radius 1 is 1.10 bits per heavy atom. The number of rotatable bonds is 5. The second-order valence-corrected chi connectivity index (χ2v) is 7.54. The van der Waals surface area contributed by atoms with E-state index in [2.05, 4.69) is 15.3 Å². The predicted octanol–water partition coefficient (Wildman–Crippen LogP) is 3.54. The molecular weight excluding hydrogens is 416 g/mol. The van der Waals surface area contributed by atoms with E-state index in [1.54, 1.807) is 31.2 Å². The maximum Gasteiger partial charge on any atom is 0.330 e. The molecule has 2 aromatic heterocycles. The van der Waals surface area contributed by atoms with Gasteiger partial charge in [-0.2, -0.15) is 0 Å². The first-order chi connectivity index (χ1) is 14.9. The molecule has 7 nitrogen and oxygen atoms in total. The Morgan fingerprint density at radius 2 is 1.87 bits per heavy atom. The van der Waals surface area contributed by atoms with Crippen LogP contribution < -0.4 is 16.6 Å². The molecule has 0 saturated carbocycles. The van der Waals surface area contributed by atoms with E-state index in [1.165, 1.54) is 10.6 Å². The third-order valence-electron chi connectivity index (χ3n) is 4.95. The Labute approximate surface area is 182 Å². The quantitative estimate of drug-likeness (QED) is 0.502. The van der Waals surface area contributed by atoms with E-state index < -0.39 is 17.2 Å². The summed E-state index contributed by atoms with van der Waals surface area (Å²) in [6, 6.07) is 17.9. The van der Waals surface area contributed by atoms with E-state index in [0.29, 0.717) is 29.4 Å². The molecule has 0 aliphatic rings. The maximum atomic E-state index is 12.8. The van der Waals surface area contributed by atoms with Gasteiger partial charge >= 0.3 is 5.69 Å². The molecule has 0 bridgehead atoms. The van der Waals surface area contributed by atoms with Crippen LogP contribution in [0.3, 0.4) is 0 Å². The summed E-state index contributed by atoms with van der Waals surface area (Å²) in [4.78, 5) is 44.5. The smallest absolute Gasteiger partial charge is 0.322 e. The van der Waals surface area contributed by atoms with Crippen LogP contribution in [0.15, 0.2) is 70.3 Å². The van der Waals surface area contributed by atoms with Crippen LogP contribution in [0.4, 0.5) is 5.69 Å². The molecule has 0 aliphatic carbocycles. The average Bonchev–Trinajstić information content (AvgIpc) is 2.74. The molecule has 0 spiro atoms. The van der Waals surface area contributed by atoms with Crippen molar-refractivity contribution in [2.24, 2.45) is 0 Å². The summed E-state index contributed by atoms with van der Waals surface area (Å²) in [5, 5.41) is 3.42. The molecule has 1 amide bonds. The van der Waals surface area contributed by atoms with Gasteiger partial charge in [0.15, 0.2) is 0 Å². The van der Waals surface area contributed by atoms with Gasteiger partial charge in [-0.05, 0) is 43.2 Å². The Bertz CT molecular complexity index is 1390. The number of halogens is 1. The van der Waals surface area contributed by atoms with E-state index in [1.807, 2.05) is 30.3 Å². The van der Waals surface area contributed by atoms with Crippen LogP contribution in [0.5, 0.6) is 0 Å². The van der Waals surface area contributed by atoms with E-state index in [4.69, 9.17) is 11.6 Å². The second kappa shape index (κ2) is 8.57. The number of amides is 1. The Balaban J connectivity index is 1.72. The highest BCUT2D eigenvalue weighted by atomic mass is 35.5. The molecule has 0 saturated heterocycles. The number of fused-ring (bicyclic) bond motifs is 1. The molecule has 4 aromatic rings. The topological polar surface area (TPSA) is 96.8 Å². The molecule has 0 fully saturated rings. The zero-order valence-corrected chi connectivity index (χ0v) is 17.4. The normalized spacial score (nSPS) is 10.9. The molecule has 4 rings (SSSR count). The first-order valence-electron chi connectivity index (χ1n) is 9.67. The molecular formula is C23H19ClN4O3. The van der Waals surface area contributed by atoms with Gasteiger partial charge in [0.2, 0.25) is 0 Å². The SMILES string of the molecule is Cc1nc2c(cc1C(=O)Nc1cccc(Cl)c1)c(=O)[nH]c(=O)n2CCc1ccccc1. The average molecular weight is 435 g/mol. The van der Waals surface area contributed by atoms with Crippen LogP contribution in [-0.4, -0.2) is 20.4 Å². The lowest BCUT2D eigenvalue weighted by molar-refractivity contribution is 0.102. The zero-order valence-electron chi connectivity index (χ0n) is 16.7. The summed E-state index contributed by atoms with van der Waals surface area (Å²) in [6.45, 7) is 2.01. The minimum Gasteiger partial charge on any atom is -0.322 e. The fourth-order valence-corrected chi connectivity index (χ4v) is 3.57. The summed E-state index contributed by atoms with van der Waals surface area (Å²) in [6.07, 6.45) is 0.597. The summed E-state index contributed by atoms with van der Waals surface area (Å²) in [5.41, 5.74) is 1.37. The van der Waals surface area contributed by atoms with Crippen molar-refractivity contribution in [2.45, 2.75) is 19.9 Å². The second-order valence-electron chi connectivity index (χ2n) is 7.10. The van der Waals surface area contributed by atoms with Gasteiger partial charge in [-0.1, -0.05) is 48.0 Å². The van der Waals surface area contributed by atoms with Crippen LogP contribution in [0.1, 0.15) is 21.6 Å². The Morgan fingerprint density at radius 3 is 2.61 bits per heavy atom. The Hall–Kier alpha value is -3.71. The van der Waals surface area contributed by atoms with Gasteiger partial charge in [0.25, 0.3) is 11.5 Å². The third-order valence-corrected chi connectivity index (χ3v) is 5.19. The van der Waals surface area contributed by atoms with E-state index in [0.717, 1.165) is 5.56 Å².